The van der Waals surface area contributed by atoms with Crippen LogP contribution >= 0.6 is 36.4 Å². The molecule has 5 nitrogen and oxygen atoms in total. The number of benzene rings is 1. The lowest BCUT2D eigenvalue weighted by Crippen LogP contribution is -2.45. The van der Waals surface area contributed by atoms with Gasteiger partial charge in [-0.15, -0.1) is 24.8 Å². The van der Waals surface area contributed by atoms with Crippen molar-refractivity contribution in [3.05, 3.63) is 29.3 Å². The Hall–Kier alpha value is -0.720. The molecule has 2 rings (SSSR count). The van der Waals surface area contributed by atoms with Gasteiger partial charge in [0.05, 0.1) is 0 Å². The van der Waals surface area contributed by atoms with Crippen LogP contribution in [0.5, 0.6) is 5.75 Å². The van der Waals surface area contributed by atoms with Gasteiger partial charge in [-0.25, -0.2) is 0 Å². The highest BCUT2D eigenvalue weighted by atomic mass is 35.5. The van der Waals surface area contributed by atoms with Gasteiger partial charge in [0.15, 0.2) is 0 Å². The third kappa shape index (κ3) is 9.52. The van der Waals surface area contributed by atoms with Crippen molar-refractivity contribution in [2.75, 3.05) is 32.8 Å². The molecule has 0 bridgehead atoms. The monoisotopic (exact) mass is 411 g/mol. The molecule has 1 aliphatic heterocycles. The van der Waals surface area contributed by atoms with Crippen LogP contribution in [0.1, 0.15) is 25.7 Å². The SMILES string of the molecule is Cl.Cl.NCCCC(=O)NC1CCN(CCOc2ccc(Cl)cc2)CC1. The number of amides is 1. The van der Waals surface area contributed by atoms with Crippen molar-refractivity contribution in [1.82, 2.24) is 10.2 Å². The molecule has 1 amide bonds. The van der Waals surface area contributed by atoms with E-state index in [1.807, 2.05) is 24.3 Å². The van der Waals surface area contributed by atoms with Gasteiger partial charge in [0.2, 0.25) is 5.91 Å². The number of piperidine rings is 1. The van der Waals surface area contributed by atoms with Gasteiger partial charge in [0.1, 0.15) is 12.4 Å². The van der Waals surface area contributed by atoms with Crippen LogP contribution in [0.25, 0.3) is 0 Å². The highest BCUT2D eigenvalue weighted by molar-refractivity contribution is 6.30. The number of halogens is 3. The summed E-state index contributed by atoms with van der Waals surface area (Å²) in [6, 6.07) is 7.72. The Morgan fingerprint density at radius 3 is 2.48 bits per heavy atom. The second kappa shape index (κ2) is 13.5. The summed E-state index contributed by atoms with van der Waals surface area (Å²) in [4.78, 5) is 14.1. The smallest absolute Gasteiger partial charge is 0.220 e. The zero-order valence-electron chi connectivity index (χ0n) is 14.3. The van der Waals surface area contributed by atoms with Crippen LogP contribution in [0, 0.1) is 0 Å². The normalized spacial score (nSPS) is 15.0. The molecular formula is C17H28Cl3N3O2. The molecule has 0 unspecified atom stereocenters. The first-order valence-electron chi connectivity index (χ1n) is 8.27. The molecular weight excluding hydrogens is 385 g/mol. The number of likely N-dealkylation sites (tertiary alicyclic amines) is 1. The van der Waals surface area contributed by atoms with Crippen LogP contribution in [0.3, 0.4) is 0 Å². The Morgan fingerprint density at radius 2 is 1.88 bits per heavy atom. The molecule has 1 aromatic rings. The minimum atomic E-state index is 0. The summed E-state index contributed by atoms with van der Waals surface area (Å²) in [5.41, 5.74) is 5.42. The van der Waals surface area contributed by atoms with Gasteiger partial charge in [0.25, 0.3) is 0 Å². The summed E-state index contributed by atoms with van der Waals surface area (Å²) in [5.74, 6) is 0.969. The Bertz CT molecular complexity index is 481. The third-order valence-electron chi connectivity index (χ3n) is 4.05. The fourth-order valence-electron chi connectivity index (χ4n) is 2.69. The van der Waals surface area contributed by atoms with E-state index < -0.39 is 0 Å². The number of ether oxygens (including phenoxy) is 1. The first-order chi connectivity index (χ1) is 11.2. The molecule has 25 heavy (non-hydrogen) atoms. The zero-order valence-corrected chi connectivity index (χ0v) is 16.7. The average molecular weight is 413 g/mol. The van der Waals surface area contributed by atoms with Crippen LogP contribution in [-0.4, -0.2) is 49.6 Å². The van der Waals surface area contributed by atoms with Gasteiger partial charge in [-0.3, -0.25) is 9.69 Å². The van der Waals surface area contributed by atoms with Gasteiger partial charge in [-0.1, -0.05) is 11.6 Å². The molecule has 1 aliphatic rings. The fraction of sp³-hybridized carbons (Fsp3) is 0.588. The Morgan fingerprint density at radius 1 is 1.24 bits per heavy atom. The van der Waals surface area contributed by atoms with Gasteiger partial charge >= 0.3 is 0 Å². The maximum Gasteiger partial charge on any atom is 0.220 e. The number of nitrogens with one attached hydrogen (secondary N) is 1. The van der Waals surface area contributed by atoms with Crippen molar-refractivity contribution in [3.8, 4) is 5.75 Å². The summed E-state index contributed by atoms with van der Waals surface area (Å²) in [6.45, 7) is 4.11. The van der Waals surface area contributed by atoms with Gasteiger partial charge in [0, 0.05) is 37.1 Å². The molecule has 1 fully saturated rings. The number of hydrogen-bond donors (Lipinski definition) is 2. The van der Waals surface area contributed by atoms with Crippen molar-refractivity contribution in [1.29, 1.82) is 0 Å². The van der Waals surface area contributed by atoms with Crippen LogP contribution in [0.15, 0.2) is 24.3 Å². The first kappa shape index (κ1) is 24.3. The molecule has 3 N–H and O–H groups in total. The molecule has 0 aliphatic carbocycles. The molecule has 0 aromatic heterocycles. The summed E-state index contributed by atoms with van der Waals surface area (Å²) in [7, 11) is 0. The van der Waals surface area contributed by atoms with Crippen molar-refractivity contribution in [2.45, 2.75) is 31.7 Å². The van der Waals surface area contributed by atoms with Crippen LogP contribution in [-0.2, 0) is 4.79 Å². The lowest BCUT2D eigenvalue weighted by atomic mass is 10.0. The molecule has 0 atom stereocenters. The van der Waals surface area contributed by atoms with E-state index in [0.29, 0.717) is 30.6 Å². The van der Waals surface area contributed by atoms with Crippen LogP contribution < -0.4 is 15.8 Å². The number of hydrogen-bond acceptors (Lipinski definition) is 4. The predicted molar refractivity (Wildman–Crippen MR) is 107 cm³/mol. The summed E-state index contributed by atoms with van der Waals surface area (Å²) < 4.78 is 5.72. The number of carbonyl (C=O) groups excluding carboxylic acids is 1. The van der Waals surface area contributed by atoms with E-state index in [0.717, 1.165) is 44.6 Å². The van der Waals surface area contributed by atoms with E-state index in [1.54, 1.807) is 0 Å². The zero-order chi connectivity index (χ0) is 16.5. The largest absolute Gasteiger partial charge is 0.492 e. The molecule has 0 radical (unpaired) electrons. The number of nitrogens with zero attached hydrogens (tertiary/aromatic N) is 1. The van der Waals surface area contributed by atoms with Gasteiger partial charge in [-0.05, 0) is 50.1 Å². The van der Waals surface area contributed by atoms with Gasteiger partial charge < -0.3 is 15.8 Å². The van der Waals surface area contributed by atoms with E-state index in [1.165, 1.54) is 0 Å². The molecule has 1 saturated heterocycles. The van der Waals surface area contributed by atoms with E-state index in [-0.39, 0.29) is 30.7 Å². The lowest BCUT2D eigenvalue weighted by Gasteiger charge is -2.32. The number of rotatable bonds is 8. The van der Waals surface area contributed by atoms with E-state index in [2.05, 4.69) is 10.2 Å². The van der Waals surface area contributed by atoms with Crippen LogP contribution in [0.4, 0.5) is 0 Å². The van der Waals surface area contributed by atoms with E-state index in [4.69, 9.17) is 22.1 Å². The molecule has 0 spiro atoms. The minimum absolute atomic E-state index is 0. The topological polar surface area (TPSA) is 67.6 Å². The minimum Gasteiger partial charge on any atom is -0.492 e. The van der Waals surface area contributed by atoms with Crippen LogP contribution in [0.2, 0.25) is 5.02 Å². The van der Waals surface area contributed by atoms with E-state index >= 15 is 0 Å². The summed E-state index contributed by atoms with van der Waals surface area (Å²) in [6.07, 6.45) is 3.28. The fourth-order valence-corrected chi connectivity index (χ4v) is 2.81. The number of nitrogens with two attached hydrogens (primary N) is 1. The lowest BCUT2D eigenvalue weighted by molar-refractivity contribution is -0.122. The van der Waals surface area contributed by atoms with E-state index in [9.17, 15) is 4.79 Å². The Labute approximate surface area is 167 Å². The summed E-state index contributed by atoms with van der Waals surface area (Å²) >= 11 is 5.85. The maximum absolute atomic E-state index is 11.7. The molecule has 0 saturated carbocycles. The standard InChI is InChI=1S/C17H26ClN3O2.2ClH/c18-14-3-5-16(6-4-14)23-13-12-21-10-7-15(8-11-21)20-17(22)2-1-9-19;;/h3-6,15H,1-2,7-13,19H2,(H,20,22);2*1H. The van der Waals surface area contributed by atoms with Crippen molar-refractivity contribution < 1.29 is 9.53 Å². The first-order valence-corrected chi connectivity index (χ1v) is 8.65. The molecule has 1 aromatic carbocycles. The Balaban J connectivity index is 0.00000288. The highest BCUT2D eigenvalue weighted by Gasteiger charge is 2.20. The second-order valence-corrected chi connectivity index (χ2v) is 6.31. The molecule has 1 heterocycles. The average Bonchev–Trinajstić information content (AvgIpc) is 2.56. The quantitative estimate of drug-likeness (QED) is 0.689. The van der Waals surface area contributed by atoms with Gasteiger partial charge in [-0.2, -0.15) is 0 Å². The summed E-state index contributed by atoms with van der Waals surface area (Å²) in [5, 5.41) is 3.81. The third-order valence-corrected chi connectivity index (χ3v) is 4.30. The van der Waals surface area contributed by atoms with Crippen molar-refractivity contribution in [2.24, 2.45) is 5.73 Å². The van der Waals surface area contributed by atoms with Crippen molar-refractivity contribution >= 4 is 42.3 Å². The predicted octanol–water partition coefficient (Wildman–Crippen LogP) is 2.88. The van der Waals surface area contributed by atoms with Crippen molar-refractivity contribution in [3.63, 3.8) is 0 Å². The second-order valence-electron chi connectivity index (χ2n) is 5.88. The number of carbonyl (C=O) groups is 1. The Kier molecular flexibility index (Phi) is 13.1. The highest BCUT2D eigenvalue weighted by Crippen LogP contribution is 2.16. The molecule has 8 heteroatoms. The maximum atomic E-state index is 11.7. The molecule has 144 valence electrons.